The molecule has 0 bridgehead atoms. The summed E-state index contributed by atoms with van der Waals surface area (Å²) in [5, 5.41) is 3.19. The summed E-state index contributed by atoms with van der Waals surface area (Å²) in [5.74, 6) is 0.468. The fraction of sp³-hybridized carbons (Fsp3) is 0. The Morgan fingerprint density at radius 2 is 1.67 bits per heavy atom. The van der Waals surface area contributed by atoms with Crippen molar-refractivity contribution in [3.05, 3.63) is 54.9 Å². The van der Waals surface area contributed by atoms with Crippen molar-refractivity contribution >= 4 is 28.4 Å². The van der Waals surface area contributed by atoms with Gasteiger partial charge in [0, 0.05) is 17.3 Å². The molecule has 88 valence electrons. The molecule has 0 atom stereocenters. The fourth-order valence-electron chi connectivity index (χ4n) is 1.76. The van der Waals surface area contributed by atoms with Gasteiger partial charge in [-0.05, 0) is 22.9 Å². The quantitative estimate of drug-likeness (QED) is 0.760. The van der Waals surface area contributed by atoms with Gasteiger partial charge in [0.25, 0.3) is 0 Å². The van der Waals surface area contributed by atoms with E-state index in [1.165, 1.54) is 22.5 Å². The fourth-order valence-corrected chi connectivity index (χ4v) is 2.57. The number of hydrogen-bond acceptors (Lipinski definition) is 4. The Morgan fingerprint density at radius 1 is 0.889 bits per heavy atom. The molecule has 0 unspecified atom stereocenters. The second-order valence-corrected chi connectivity index (χ2v) is 4.92. The molecule has 0 amide bonds. The lowest BCUT2D eigenvalue weighted by atomic mass is 10.1. The van der Waals surface area contributed by atoms with Crippen molar-refractivity contribution in [2.45, 2.75) is 9.92 Å². The molecule has 0 aliphatic heterocycles. The smallest absolute Gasteiger partial charge is 0.156 e. The van der Waals surface area contributed by atoms with Crippen LogP contribution in [0.3, 0.4) is 0 Å². The molecule has 0 aliphatic rings. The monoisotopic (exact) mass is 253 g/mol. The molecule has 3 nitrogen and oxygen atoms in total. The summed E-state index contributed by atoms with van der Waals surface area (Å²) in [7, 11) is 0. The van der Waals surface area contributed by atoms with Crippen LogP contribution in [0, 0.1) is 0 Å². The Morgan fingerprint density at radius 3 is 2.50 bits per heavy atom. The molecule has 1 aromatic heterocycles. The van der Waals surface area contributed by atoms with Gasteiger partial charge in [-0.3, -0.25) is 0 Å². The average molecular weight is 253 g/mol. The van der Waals surface area contributed by atoms with Gasteiger partial charge < -0.3 is 5.73 Å². The zero-order valence-electron chi connectivity index (χ0n) is 9.58. The van der Waals surface area contributed by atoms with Crippen molar-refractivity contribution in [3.63, 3.8) is 0 Å². The number of nitrogen functional groups attached to an aromatic ring is 1. The van der Waals surface area contributed by atoms with Gasteiger partial charge in [-0.25, -0.2) is 9.97 Å². The van der Waals surface area contributed by atoms with Crippen LogP contribution in [0.2, 0.25) is 0 Å². The molecule has 0 fully saturated rings. The summed E-state index contributed by atoms with van der Waals surface area (Å²) in [5.41, 5.74) is 5.79. The molecule has 0 aliphatic carbocycles. The van der Waals surface area contributed by atoms with Crippen LogP contribution in [0.4, 0.5) is 5.82 Å². The molecule has 4 heteroatoms. The second-order valence-electron chi connectivity index (χ2n) is 3.86. The zero-order chi connectivity index (χ0) is 12.4. The molecule has 0 spiro atoms. The lowest BCUT2D eigenvalue weighted by molar-refractivity contribution is 1.07. The third kappa shape index (κ3) is 2.15. The summed E-state index contributed by atoms with van der Waals surface area (Å²) >= 11 is 1.53. The Bertz CT molecular complexity index is 697. The van der Waals surface area contributed by atoms with Crippen molar-refractivity contribution in [1.82, 2.24) is 9.97 Å². The van der Waals surface area contributed by atoms with E-state index in [4.69, 9.17) is 5.73 Å². The highest BCUT2D eigenvalue weighted by molar-refractivity contribution is 7.99. The predicted octanol–water partition coefficient (Wildman–Crippen LogP) is 3.36. The maximum Gasteiger partial charge on any atom is 0.156 e. The minimum atomic E-state index is 0.468. The van der Waals surface area contributed by atoms with Crippen molar-refractivity contribution in [2.75, 3.05) is 5.73 Å². The molecular weight excluding hydrogens is 242 g/mol. The maximum absolute atomic E-state index is 5.79. The van der Waals surface area contributed by atoms with Crippen LogP contribution in [0.15, 0.2) is 64.8 Å². The van der Waals surface area contributed by atoms with E-state index in [1.54, 1.807) is 12.4 Å². The molecule has 0 radical (unpaired) electrons. The van der Waals surface area contributed by atoms with Gasteiger partial charge in [0.1, 0.15) is 5.03 Å². The largest absolute Gasteiger partial charge is 0.381 e. The number of rotatable bonds is 2. The zero-order valence-corrected chi connectivity index (χ0v) is 10.4. The predicted molar refractivity (Wildman–Crippen MR) is 74.5 cm³/mol. The van der Waals surface area contributed by atoms with Gasteiger partial charge in [0.2, 0.25) is 0 Å². The van der Waals surface area contributed by atoms with Gasteiger partial charge in [0.05, 0.1) is 0 Å². The van der Waals surface area contributed by atoms with E-state index in [1.807, 2.05) is 12.1 Å². The van der Waals surface area contributed by atoms with E-state index in [2.05, 4.69) is 40.3 Å². The molecule has 0 saturated heterocycles. The average Bonchev–Trinajstić information content (AvgIpc) is 2.41. The Balaban J connectivity index is 1.98. The molecule has 2 N–H and O–H groups in total. The highest BCUT2D eigenvalue weighted by Crippen LogP contribution is 2.30. The molecule has 18 heavy (non-hydrogen) atoms. The van der Waals surface area contributed by atoms with Gasteiger partial charge in [-0.1, -0.05) is 42.1 Å². The number of fused-ring (bicyclic) bond motifs is 1. The number of benzene rings is 2. The van der Waals surface area contributed by atoms with Gasteiger partial charge in [0.15, 0.2) is 5.82 Å². The van der Waals surface area contributed by atoms with Crippen molar-refractivity contribution in [1.29, 1.82) is 0 Å². The molecular formula is C14H11N3S. The van der Waals surface area contributed by atoms with Crippen LogP contribution in [0.1, 0.15) is 0 Å². The first kappa shape index (κ1) is 11.0. The Kier molecular flexibility index (Phi) is 2.86. The van der Waals surface area contributed by atoms with Crippen LogP contribution in [0.5, 0.6) is 0 Å². The maximum atomic E-state index is 5.79. The first-order chi connectivity index (χ1) is 8.83. The normalized spacial score (nSPS) is 10.7. The molecule has 3 aromatic rings. The lowest BCUT2D eigenvalue weighted by Crippen LogP contribution is -1.94. The third-order valence-corrected chi connectivity index (χ3v) is 3.62. The number of nitrogens with two attached hydrogens (primary N) is 1. The van der Waals surface area contributed by atoms with Crippen molar-refractivity contribution < 1.29 is 0 Å². The van der Waals surface area contributed by atoms with E-state index in [0.717, 1.165) is 9.92 Å². The Labute approximate surface area is 109 Å². The minimum Gasteiger partial charge on any atom is -0.381 e. The van der Waals surface area contributed by atoms with Crippen LogP contribution in [-0.4, -0.2) is 9.97 Å². The van der Waals surface area contributed by atoms with Gasteiger partial charge >= 0.3 is 0 Å². The van der Waals surface area contributed by atoms with Crippen LogP contribution in [0.25, 0.3) is 10.8 Å². The second kappa shape index (κ2) is 4.66. The van der Waals surface area contributed by atoms with E-state index in [-0.39, 0.29) is 0 Å². The highest BCUT2D eigenvalue weighted by Gasteiger charge is 2.04. The minimum absolute atomic E-state index is 0.468. The van der Waals surface area contributed by atoms with Crippen molar-refractivity contribution in [3.8, 4) is 0 Å². The highest BCUT2D eigenvalue weighted by atomic mass is 32.2. The number of hydrogen-bond donors (Lipinski definition) is 1. The van der Waals surface area contributed by atoms with Gasteiger partial charge in [-0.15, -0.1) is 0 Å². The van der Waals surface area contributed by atoms with Crippen LogP contribution < -0.4 is 5.73 Å². The number of anilines is 1. The molecule has 2 aromatic carbocycles. The third-order valence-electron chi connectivity index (χ3n) is 2.63. The Hall–Kier alpha value is -2.07. The standard InChI is InChI=1S/C14H11N3S/c15-13-14(17-8-7-16-13)18-12-6-5-10-3-1-2-4-11(10)9-12/h1-9H,(H2,15,16). The number of aromatic nitrogens is 2. The van der Waals surface area contributed by atoms with Crippen LogP contribution >= 0.6 is 11.8 Å². The summed E-state index contributed by atoms with van der Waals surface area (Å²) in [6.45, 7) is 0. The topological polar surface area (TPSA) is 51.8 Å². The van der Waals surface area contributed by atoms with E-state index in [0.29, 0.717) is 5.82 Å². The first-order valence-electron chi connectivity index (χ1n) is 5.56. The van der Waals surface area contributed by atoms with E-state index >= 15 is 0 Å². The van der Waals surface area contributed by atoms with E-state index in [9.17, 15) is 0 Å². The molecule has 0 saturated carbocycles. The number of nitrogens with zero attached hydrogens (tertiary/aromatic N) is 2. The SMILES string of the molecule is Nc1nccnc1Sc1ccc2ccccc2c1. The summed E-state index contributed by atoms with van der Waals surface area (Å²) in [6, 6.07) is 14.6. The summed E-state index contributed by atoms with van der Waals surface area (Å²) in [4.78, 5) is 9.37. The van der Waals surface area contributed by atoms with Crippen LogP contribution in [-0.2, 0) is 0 Å². The summed E-state index contributed by atoms with van der Waals surface area (Å²) in [6.07, 6.45) is 3.25. The van der Waals surface area contributed by atoms with Crippen molar-refractivity contribution in [2.24, 2.45) is 0 Å². The lowest BCUT2D eigenvalue weighted by Gasteiger charge is -2.04. The van der Waals surface area contributed by atoms with E-state index < -0.39 is 0 Å². The summed E-state index contributed by atoms with van der Waals surface area (Å²) < 4.78 is 0. The molecule has 3 rings (SSSR count). The van der Waals surface area contributed by atoms with Gasteiger partial charge in [-0.2, -0.15) is 0 Å². The first-order valence-corrected chi connectivity index (χ1v) is 6.38. The molecule has 1 heterocycles.